The third kappa shape index (κ3) is 2.77. The van der Waals surface area contributed by atoms with Gasteiger partial charge in [0.2, 0.25) is 0 Å². The van der Waals surface area contributed by atoms with E-state index in [4.69, 9.17) is 14.0 Å². The van der Waals surface area contributed by atoms with E-state index < -0.39 is 35.6 Å². The van der Waals surface area contributed by atoms with Crippen molar-refractivity contribution < 1.29 is 27.6 Å². The molecule has 1 saturated heterocycles. The number of carbonyl (C=O) groups excluding carboxylic acids is 1. The largest absolute Gasteiger partial charge is 0.494 e. The van der Waals surface area contributed by atoms with E-state index in [0.29, 0.717) is 11.0 Å². The number of methoxy groups -OCH3 is 1. The zero-order chi connectivity index (χ0) is 18.8. The van der Waals surface area contributed by atoms with E-state index in [1.807, 2.05) is 27.7 Å². The molecular weight excluding hydrogens is 329 g/mol. The van der Waals surface area contributed by atoms with Gasteiger partial charge in [0.15, 0.2) is 0 Å². The van der Waals surface area contributed by atoms with Gasteiger partial charge in [0, 0.05) is 6.42 Å². The van der Waals surface area contributed by atoms with Crippen LogP contribution in [0.4, 0.5) is 8.78 Å². The van der Waals surface area contributed by atoms with Crippen molar-refractivity contribution in [2.24, 2.45) is 0 Å². The van der Waals surface area contributed by atoms with Gasteiger partial charge in [0.25, 0.3) is 5.92 Å². The van der Waals surface area contributed by atoms with Crippen LogP contribution in [0.5, 0.6) is 0 Å². The van der Waals surface area contributed by atoms with Crippen LogP contribution >= 0.6 is 0 Å². The highest BCUT2D eigenvalue weighted by Crippen LogP contribution is 2.61. The molecule has 1 saturated carbocycles. The summed E-state index contributed by atoms with van der Waals surface area (Å²) < 4.78 is 44.5. The van der Waals surface area contributed by atoms with Gasteiger partial charge in [0.05, 0.1) is 29.3 Å². The number of benzene rings is 1. The van der Waals surface area contributed by atoms with Crippen molar-refractivity contribution in [3.8, 4) is 0 Å². The van der Waals surface area contributed by atoms with Crippen molar-refractivity contribution >= 4 is 18.6 Å². The minimum Gasteiger partial charge on any atom is -0.465 e. The minimum atomic E-state index is -2.78. The Balaban J connectivity index is 2.04. The van der Waals surface area contributed by atoms with Gasteiger partial charge >= 0.3 is 13.1 Å². The highest BCUT2D eigenvalue weighted by Gasteiger charge is 2.68. The quantitative estimate of drug-likeness (QED) is 0.620. The molecule has 0 aromatic heterocycles. The Kier molecular flexibility index (Phi) is 3.86. The molecule has 1 aliphatic carbocycles. The fraction of sp³-hybridized carbons (Fsp3) is 0.611. The Morgan fingerprint density at radius 1 is 1.08 bits per heavy atom. The fourth-order valence-corrected chi connectivity index (χ4v) is 3.03. The summed E-state index contributed by atoms with van der Waals surface area (Å²) in [5.74, 6) is -3.36. The van der Waals surface area contributed by atoms with Crippen LogP contribution in [0.2, 0.25) is 0 Å². The van der Waals surface area contributed by atoms with E-state index in [-0.39, 0.29) is 12.0 Å². The van der Waals surface area contributed by atoms with Gasteiger partial charge in [-0.3, -0.25) is 0 Å². The Morgan fingerprint density at radius 3 is 2.04 bits per heavy atom. The zero-order valence-electron chi connectivity index (χ0n) is 15.4. The van der Waals surface area contributed by atoms with E-state index in [2.05, 4.69) is 0 Å². The number of halogens is 2. The molecule has 7 heteroatoms. The number of hydrogen-bond donors (Lipinski definition) is 0. The van der Waals surface area contributed by atoms with E-state index in [1.54, 1.807) is 12.1 Å². The van der Waals surface area contributed by atoms with Crippen LogP contribution in [0.15, 0.2) is 18.2 Å². The summed E-state index contributed by atoms with van der Waals surface area (Å²) in [4.78, 5) is 12.0. The molecule has 136 valence electrons. The second-order valence-corrected chi connectivity index (χ2v) is 8.14. The van der Waals surface area contributed by atoms with E-state index in [1.165, 1.54) is 20.1 Å². The number of esters is 1. The predicted molar refractivity (Wildman–Crippen MR) is 90.4 cm³/mol. The van der Waals surface area contributed by atoms with Crippen molar-refractivity contribution in [3.05, 3.63) is 29.3 Å². The first-order valence-electron chi connectivity index (χ1n) is 8.30. The van der Waals surface area contributed by atoms with Gasteiger partial charge in [-0.05, 0) is 57.8 Å². The average molecular weight is 352 g/mol. The summed E-state index contributed by atoms with van der Waals surface area (Å²) in [6.45, 7) is 9.14. The maximum absolute atomic E-state index is 13.9. The van der Waals surface area contributed by atoms with Crippen LogP contribution in [-0.4, -0.2) is 37.3 Å². The molecule has 2 aliphatic rings. The monoisotopic (exact) mass is 352 g/mol. The molecule has 0 N–H and O–H groups in total. The molecule has 0 radical (unpaired) electrons. The lowest BCUT2D eigenvalue weighted by Gasteiger charge is -2.32. The maximum atomic E-state index is 13.9. The number of alkyl halides is 2. The van der Waals surface area contributed by atoms with Gasteiger partial charge in [-0.2, -0.15) is 0 Å². The Morgan fingerprint density at radius 2 is 1.60 bits per heavy atom. The molecule has 2 fully saturated rings. The Hall–Kier alpha value is -1.47. The molecule has 1 aliphatic heterocycles. The molecule has 25 heavy (non-hydrogen) atoms. The molecule has 1 heterocycles. The first-order valence-corrected chi connectivity index (χ1v) is 8.30. The summed E-state index contributed by atoms with van der Waals surface area (Å²) in [6.07, 6.45) is -0.243. The maximum Gasteiger partial charge on any atom is 0.494 e. The molecule has 0 bridgehead atoms. The number of carbonyl (C=O) groups is 1. The highest BCUT2D eigenvalue weighted by atomic mass is 19.3. The van der Waals surface area contributed by atoms with Crippen LogP contribution in [-0.2, 0) is 19.5 Å². The van der Waals surface area contributed by atoms with Crippen LogP contribution in [0.25, 0.3) is 0 Å². The molecule has 3 rings (SSSR count). The minimum absolute atomic E-state index is 0.216. The van der Waals surface area contributed by atoms with Crippen molar-refractivity contribution in [1.29, 1.82) is 0 Å². The summed E-state index contributed by atoms with van der Waals surface area (Å²) in [6, 6.07) is 4.71. The summed E-state index contributed by atoms with van der Waals surface area (Å²) in [5, 5.41) is 0. The Bertz CT molecular complexity index is 716. The van der Waals surface area contributed by atoms with Gasteiger partial charge in [-0.25, -0.2) is 13.6 Å². The van der Waals surface area contributed by atoms with E-state index >= 15 is 0 Å². The molecule has 1 aromatic rings. The first kappa shape index (κ1) is 18.3. The Labute approximate surface area is 147 Å². The predicted octanol–water partition coefficient (Wildman–Crippen LogP) is 3.07. The second-order valence-electron chi connectivity index (χ2n) is 8.14. The summed E-state index contributed by atoms with van der Waals surface area (Å²) >= 11 is 0. The normalized spacial score (nSPS) is 28.7. The van der Waals surface area contributed by atoms with Gasteiger partial charge in [0.1, 0.15) is 0 Å². The fourth-order valence-electron chi connectivity index (χ4n) is 3.03. The standard InChI is InChI=1S/C18H23BF2O4/c1-15(2)16(3,4)25-19(24-15)13-8-11(14(22)23-6)7-12(9-13)17(5)10-18(17,20)21/h7-9H,10H2,1-6H3. The smallest absolute Gasteiger partial charge is 0.465 e. The summed E-state index contributed by atoms with van der Waals surface area (Å²) in [7, 11) is 0.529. The van der Waals surface area contributed by atoms with Crippen LogP contribution in [0.3, 0.4) is 0 Å². The van der Waals surface area contributed by atoms with Gasteiger partial charge in [-0.1, -0.05) is 6.07 Å². The second kappa shape index (κ2) is 5.27. The van der Waals surface area contributed by atoms with Gasteiger partial charge < -0.3 is 14.0 Å². The van der Waals surface area contributed by atoms with Crippen molar-refractivity contribution in [1.82, 2.24) is 0 Å². The molecule has 0 amide bonds. The molecular formula is C18H23BF2O4. The van der Waals surface area contributed by atoms with Crippen molar-refractivity contribution in [2.75, 3.05) is 7.11 Å². The SMILES string of the molecule is COC(=O)c1cc(B2OC(C)(C)C(C)(C)O2)cc(C2(C)CC2(F)F)c1. The number of rotatable bonds is 3. The third-order valence-electron chi connectivity index (χ3n) is 5.80. The van der Waals surface area contributed by atoms with Crippen molar-refractivity contribution in [3.63, 3.8) is 0 Å². The molecule has 4 nitrogen and oxygen atoms in total. The molecule has 1 aromatic carbocycles. The first-order chi connectivity index (χ1) is 11.3. The van der Waals surface area contributed by atoms with Crippen LogP contribution < -0.4 is 5.46 Å². The average Bonchev–Trinajstić information content (AvgIpc) is 2.94. The summed E-state index contributed by atoms with van der Waals surface area (Å²) in [5.41, 5.74) is -1.26. The van der Waals surface area contributed by atoms with Gasteiger partial charge in [-0.15, -0.1) is 0 Å². The molecule has 0 spiro atoms. The molecule has 1 atom stereocenters. The lowest BCUT2D eigenvalue weighted by molar-refractivity contribution is 0.00578. The highest BCUT2D eigenvalue weighted by molar-refractivity contribution is 6.62. The van der Waals surface area contributed by atoms with Crippen LogP contribution in [0.1, 0.15) is 57.0 Å². The number of hydrogen-bond acceptors (Lipinski definition) is 4. The topological polar surface area (TPSA) is 44.8 Å². The lowest BCUT2D eigenvalue weighted by Crippen LogP contribution is -2.41. The third-order valence-corrected chi connectivity index (χ3v) is 5.80. The number of ether oxygens (including phenoxy) is 1. The van der Waals surface area contributed by atoms with Crippen molar-refractivity contribution in [2.45, 2.75) is 63.6 Å². The van der Waals surface area contributed by atoms with E-state index in [9.17, 15) is 13.6 Å². The molecule has 1 unspecified atom stereocenters. The van der Waals surface area contributed by atoms with Crippen LogP contribution in [0, 0.1) is 0 Å². The zero-order valence-corrected chi connectivity index (χ0v) is 15.4. The lowest BCUT2D eigenvalue weighted by atomic mass is 9.76. The van der Waals surface area contributed by atoms with E-state index in [0.717, 1.165) is 0 Å².